The van der Waals surface area contributed by atoms with Gasteiger partial charge < -0.3 is 0 Å². The van der Waals surface area contributed by atoms with Crippen LogP contribution in [0.5, 0.6) is 0 Å². The predicted molar refractivity (Wildman–Crippen MR) is 85.2 cm³/mol. The summed E-state index contributed by atoms with van der Waals surface area (Å²) in [6.07, 6.45) is -4.79. The second kappa shape index (κ2) is 6.33. The molecule has 3 rings (SSSR count). The Bertz CT molecular complexity index is 836. The highest BCUT2D eigenvalue weighted by atomic mass is 32.2. The summed E-state index contributed by atoms with van der Waals surface area (Å²) in [4.78, 5) is 13.5. The molecule has 8 heteroatoms. The molecule has 1 unspecified atom stereocenters. The van der Waals surface area contributed by atoms with Gasteiger partial charge in [-0.1, -0.05) is 12.1 Å². The summed E-state index contributed by atoms with van der Waals surface area (Å²) in [5, 5.41) is -0.718. The van der Waals surface area contributed by atoms with E-state index in [-0.39, 0.29) is 17.2 Å². The third-order valence-electron chi connectivity index (χ3n) is 3.88. The molecule has 0 aromatic heterocycles. The smallest absolute Gasteiger partial charge is 0.295 e. The van der Waals surface area contributed by atoms with E-state index in [1.807, 2.05) is 0 Å². The Balaban J connectivity index is 2.03. The molecule has 2 nitrogen and oxygen atoms in total. The predicted octanol–water partition coefficient (Wildman–Crippen LogP) is 5.07. The number of hydrogen-bond donors (Lipinski definition) is 0. The van der Waals surface area contributed by atoms with Gasteiger partial charge in [0, 0.05) is 0 Å². The fourth-order valence-corrected chi connectivity index (χ4v) is 3.85. The topological polar surface area (TPSA) is 20.3 Å². The maximum Gasteiger partial charge on any atom is 0.419 e. The van der Waals surface area contributed by atoms with Crippen LogP contribution in [0.2, 0.25) is 0 Å². The molecule has 1 saturated heterocycles. The standard InChI is InChI=1S/C17H12F5NOS/c1-9-2-4-11(18)7-14(9)23-15(24)8-25-16(23)10-3-5-12(13(19)6-10)17(20,21)22/h2-7,16H,8H2,1H3. The Morgan fingerprint density at radius 2 is 1.84 bits per heavy atom. The van der Waals surface area contributed by atoms with Crippen LogP contribution in [0.15, 0.2) is 36.4 Å². The number of hydrogen-bond acceptors (Lipinski definition) is 2. The number of halogens is 5. The summed E-state index contributed by atoms with van der Waals surface area (Å²) in [6, 6.07) is 6.52. The van der Waals surface area contributed by atoms with Crippen molar-refractivity contribution in [2.24, 2.45) is 0 Å². The van der Waals surface area contributed by atoms with Crippen molar-refractivity contribution in [3.8, 4) is 0 Å². The quantitative estimate of drug-likeness (QED) is 0.685. The Morgan fingerprint density at radius 3 is 2.48 bits per heavy atom. The molecular formula is C17H12F5NOS. The Kier molecular flexibility index (Phi) is 4.49. The van der Waals surface area contributed by atoms with Gasteiger partial charge in [0.15, 0.2) is 0 Å². The van der Waals surface area contributed by atoms with E-state index in [0.29, 0.717) is 17.3 Å². The van der Waals surface area contributed by atoms with E-state index in [4.69, 9.17) is 0 Å². The first kappa shape index (κ1) is 17.7. The van der Waals surface area contributed by atoms with Crippen LogP contribution in [0, 0.1) is 18.6 Å². The number of alkyl halides is 3. The minimum absolute atomic E-state index is 0.0727. The van der Waals surface area contributed by atoms with Crippen LogP contribution in [0.25, 0.3) is 0 Å². The lowest BCUT2D eigenvalue weighted by Crippen LogP contribution is -2.28. The zero-order valence-corrected chi connectivity index (χ0v) is 13.7. The molecule has 1 amide bonds. The highest BCUT2D eigenvalue weighted by molar-refractivity contribution is 8.00. The summed E-state index contributed by atoms with van der Waals surface area (Å²) < 4.78 is 65.6. The third kappa shape index (κ3) is 3.35. The van der Waals surface area contributed by atoms with Crippen molar-refractivity contribution in [3.05, 3.63) is 64.7 Å². The summed E-state index contributed by atoms with van der Waals surface area (Å²) in [5.41, 5.74) is -0.195. The second-order valence-corrected chi connectivity index (χ2v) is 6.66. The number of anilines is 1. The molecule has 0 radical (unpaired) electrons. The number of carbonyl (C=O) groups excluding carboxylic acids is 1. The van der Waals surface area contributed by atoms with E-state index in [2.05, 4.69) is 0 Å². The van der Waals surface area contributed by atoms with Crippen LogP contribution in [-0.4, -0.2) is 11.7 Å². The van der Waals surface area contributed by atoms with Crippen molar-refractivity contribution >= 4 is 23.4 Å². The maximum absolute atomic E-state index is 13.9. The van der Waals surface area contributed by atoms with Crippen molar-refractivity contribution in [2.45, 2.75) is 18.5 Å². The molecule has 0 N–H and O–H groups in total. The molecule has 132 valence electrons. The van der Waals surface area contributed by atoms with E-state index in [0.717, 1.165) is 23.9 Å². The van der Waals surface area contributed by atoms with Gasteiger partial charge in [0.2, 0.25) is 5.91 Å². The molecule has 1 atom stereocenters. The highest BCUT2D eigenvalue weighted by Crippen LogP contribution is 2.44. The third-order valence-corrected chi connectivity index (χ3v) is 5.09. The number of thioether (sulfide) groups is 1. The van der Waals surface area contributed by atoms with Gasteiger partial charge in [-0.15, -0.1) is 11.8 Å². The molecule has 25 heavy (non-hydrogen) atoms. The largest absolute Gasteiger partial charge is 0.419 e. The van der Waals surface area contributed by atoms with Crippen molar-refractivity contribution in [2.75, 3.05) is 10.7 Å². The first-order chi connectivity index (χ1) is 11.7. The van der Waals surface area contributed by atoms with Gasteiger partial charge in [0.1, 0.15) is 17.0 Å². The summed E-state index contributed by atoms with van der Waals surface area (Å²) >= 11 is 1.15. The number of rotatable bonds is 2. The normalized spacial score (nSPS) is 18.1. The van der Waals surface area contributed by atoms with Crippen LogP contribution in [0.3, 0.4) is 0 Å². The monoisotopic (exact) mass is 373 g/mol. The lowest BCUT2D eigenvalue weighted by molar-refractivity contribution is -0.140. The number of amides is 1. The molecule has 1 aliphatic rings. The Hall–Kier alpha value is -2.09. The van der Waals surface area contributed by atoms with Crippen LogP contribution in [-0.2, 0) is 11.0 Å². The summed E-state index contributed by atoms with van der Waals surface area (Å²) in [5.74, 6) is -2.18. The van der Waals surface area contributed by atoms with E-state index in [1.54, 1.807) is 6.92 Å². The summed E-state index contributed by atoms with van der Waals surface area (Å²) in [6.45, 7) is 1.69. The number of benzene rings is 2. The van der Waals surface area contributed by atoms with Gasteiger partial charge in [-0.2, -0.15) is 13.2 Å². The lowest BCUT2D eigenvalue weighted by atomic mass is 10.1. The van der Waals surface area contributed by atoms with Gasteiger partial charge in [0.05, 0.1) is 17.0 Å². The molecule has 1 fully saturated rings. The lowest BCUT2D eigenvalue weighted by Gasteiger charge is -2.26. The van der Waals surface area contributed by atoms with Gasteiger partial charge in [-0.05, 0) is 42.3 Å². The Morgan fingerprint density at radius 1 is 1.12 bits per heavy atom. The Labute approximate surface area is 144 Å². The van der Waals surface area contributed by atoms with Crippen LogP contribution >= 0.6 is 11.8 Å². The van der Waals surface area contributed by atoms with E-state index >= 15 is 0 Å². The average molecular weight is 373 g/mol. The van der Waals surface area contributed by atoms with Crippen LogP contribution < -0.4 is 4.90 Å². The van der Waals surface area contributed by atoms with Gasteiger partial charge in [0.25, 0.3) is 0 Å². The van der Waals surface area contributed by atoms with Gasteiger partial charge >= 0.3 is 6.18 Å². The fourth-order valence-electron chi connectivity index (χ4n) is 2.69. The number of carbonyl (C=O) groups is 1. The molecule has 0 bridgehead atoms. The first-order valence-corrected chi connectivity index (χ1v) is 8.30. The van der Waals surface area contributed by atoms with Crippen molar-refractivity contribution in [1.29, 1.82) is 0 Å². The second-order valence-electron chi connectivity index (χ2n) is 5.59. The molecule has 1 aliphatic heterocycles. The zero-order valence-electron chi connectivity index (χ0n) is 12.9. The number of aryl methyl sites for hydroxylation is 1. The average Bonchev–Trinajstić information content (AvgIpc) is 2.90. The van der Waals surface area contributed by atoms with E-state index in [1.165, 1.54) is 23.1 Å². The SMILES string of the molecule is Cc1ccc(F)cc1N1C(=O)CSC1c1ccc(C(F)(F)F)c(F)c1. The molecule has 0 aliphatic carbocycles. The minimum atomic E-state index is -4.79. The molecule has 2 aromatic rings. The van der Waals surface area contributed by atoms with E-state index in [9.17, 15) is 26.7 Å². The van der Waals surface area contributed by atoms with Crippen molar-refractivity contribution in [1.82, 2.24) is 0 Å². The molecule has 0 spiro atoms. The maximum atomic E-state index is 13.9. The van der Waals surface area contributed by atoms with Crippen molar-refractivity contribution < 1.29 is 26.7 Å². The zero-order chi connectivity index (χ0) is 18.4. The van der Waals surface area contributed by atoms with E-state index < -0.39 is 28.7 Å². The molecule has 1 heterocycles. The fraction of sp³-hybridized carbons (Fsp3) is 0.235. The molecule has 0 saturated carbocycles. The van der Waals surface area contributed by atoms with Gasteiger partial charge in [-0.25, -0.2) is 8.78 Å². The van der Waals surface area contributed by atoms with Gasteiger partial charge in [-0.3, -0.25) is 9.69 Å². The molecule has 2 aromatic carbocycles. The van der Waals surface area contributed by atoms with Crippen molar-refractivity contribution in [3.63, 3.8) is 0 Å². The molecular weight excluding hydrogens is 361 g/mol. The number of nitrogens with zero attached hydrogens (tertiary/aromatic N) is 1. The van der Waals surface area contributed by atoms with Crippen LogP contribution in [0.1, 0.15) is 22.1 Å². The summed E-state index contributed by atoms with van der Waals surface area (Å²) in [7, 11) is 0. The first-order valence-electron chi connectivity index (χ1n) is 7.25. The minimum Gasteiger partial charge on any atom is -0.295 e. The van der Waals surface area contributed by atoms with Crippen LogP contribution in [0.4, 0.5) is 27.6 Å². The highest BCUT2D eigenvalue weighted by Gasteiger charge is 2.38.